The van der Waals surface area contributed by atoms with Gasteiger partial charge in [0.2, 0.25) is 5.91 Å². The molecule has 3 aromatic rings. The van der Waals surface area contributed by atoms with E-state index in [0.717, 1.165) is 16.3 Å². The van der Waals surface area contributed by atoms with Gasteiger partial charge >= 0.3 is 0 Å². The summed E-state index contributed by atoms with van der Waals surface area (Å²) in [4.78, 5) is 28.8. The van der Waals surface area contributed by atoms with Gasteiger partial charge in [0.25, 0.3) is 5.91 Å². The normalized spacial score (nSPS) is 11.5. The van der Waals surface area contributed by atoms with Crippen LogP contribution in [0.15, 0.2) is 53.9 Å². The van der Waals surface area contributed by atoms with Gasteiger partial charge in [-0.05, 0) is 44.2 Å². The van der Waals surface area contributed by atoms with Crippen molar-refractivity contribution in [2.45, 2.75) is 26.4 Å². The van der Waals surface area contributed by atoms with Gasteiger partial charge in [-0.3, -0.25) is 20.4 Å². The highest BCUT2D eigenvalue weighted by molar-refractivity contribution is 7.13. The van der Waals surface area contributed by atoms with E-state index in [1.165, 1.54) is 11.3 Å². The molecule has 1 unspecified atom stereocenters. The van der Waals surface area contributed by atoms with E-state index in [4.69, 9.17) is 21.1 Å². The minimum atomic E-state index is -0.802. The molecule has 0 fully saturated rings. The van der Waals surface area contributed by atoms with Crippen molar-refractivity contribution >= 4 is 34.8 Å². The summed E-state index contributed by atoms with van der Waals surface area (Å²) in [6.07, 6.45) is -0.778. The molecular formula is C22H22ClN3O4S. The molecule has 0 aliphatic rings. The van der Waals surface area contributed by atoms with E-state index in [0.29, 0.717) is 23.1 Å². The molecule has 0 spiro atoms. The van der Waals surface area contributed by atoms with Crippen LogP contribution < -0.4 is 20.3 Å². The molecule has 3 rings (SSSR count). The lowest BCUT2D eigenvalue weighted by Crippen LogP contribution is -2.47. The Morgan fingerprint density at radius 2 is 1.81 bits per heavy atom. The van der Waals surface area contributed by atoms with Gasteiger partial charge in [0, 0.05) is 10.9 Å². The summed E-state index contributed by atoms with van der Waals surface area (Å²) >= 11 is 7.59. The van der Waals surface area contributed by atoms with Crippen LogP contribution in [0.25, 0.3) is 10.6 Å². The van der Waals surface area contributed by atoms with Crippen molar-refractivity contribution in [3.63, 3.8) is 0 Å². The quantitative estimate of drug-likeness (QED) is 0.496. The summed E-state index contributed by atoms with van der Waals surface area (Å²) in [6.45, 7) is 4.06. The van der Waals surface area contributed by atoms with Crippen LogP contribution in [0, 0.1) is 0 Å². The first kappa shape index (κ1) is 22.6. The predicted molar refractivity (Wildman–Crippen MR) is 120 cm³/mol. The van der Waals surface area contributed by atoms with Crippen LogP contribution in [-0.2, 0) is 16.0 Å². The second kappa shape index (κ2) is 10.8. The number of thiazole rings is 1. The molecule has 31 heavy (non-hydrogen) atoms. The highest BCUT2D eigenvalue weighted by Gasteiger charge is 2.16. The summed E-state index contributed by atoms with van der Waals surface area (Å²) in [5.41, 5.74) is 6.15. The Hall–Kier alpha value is -3.10. The fraction of sp³-hybridized carbons (Fsp3) is 0.227. The summed E-state index contributed by atoms with van der Waals surface area (Å²) in [5, 5.41) is 3.12. The van der Waals surface area contributed by atoms with Crippen molar-refractivity contribution in [1.82, 2.24) is 15.8 Å². The van der Waals surface area contributed by atoms with Crippen LogP contribution in [0.1, 0.15) is 19.5 Å². The fourth-order valence-electron chi connectivity index (χ4n) is 2.63. The van der Waals surface area contributed by atoms with E-state index in [-0.39, 0.29) is 6.42 Å². The molecule has 1 heterocycles. The van der Waals surface area contributed by atoms with Gasteiger partial charge in [0.15, 0.2) is 6.10 Å². The Kier molecular flexibility index (Phi) is 7.86. The first-order valence-corrected chi connectivity index (χ1v) is 10.9. The maximum Gasteiger partial charge on any atom is 0.279 e. The van der Waals surface area contributed by atoms with Crippen LogP contribution in [0.2, 0.25) is 5.02 Å². The molecule has 2 N–H and O–H groups in total. The van der Waals surface area contributed by atoms with Gasteiger partial charge in [0.1, 0.15) is 16.5 Å². The van der Waals surface area contributed by atoms with Crippen LogP contribution in [0.3, 0.4) is 0 Å². The highest BCUT2D eigenvalue weighted by Crippen LogP contribution is 2.30. The third kappa shape index (κ3) is 6.44. The Balaban J connectivity index is 1.47. The van der Waals surface area contributed by atoms with Gasteiger partial charge < -0.3 is 9.47 Å². The number of ether oxygens (including phenoxy) is 2. The Bertz CT molecular complexity index is 1040. The zero-order chi connectivity index (χ0) is 22.2. The molecule has 9 heteroatoms. The smallest absolute Gasteiger partial charge is 0.279 e. The number of halogens is 1. The summed E-state index contributed by atoms with van der Waals surface area (Å²) in [7, 11) is 0. The molecule has 0 saturated carbocycles. The molecule has 0 aliphatic heterocycles. The summed E-state index contributed by atoms with van der Waals surface area (Å²) in [5.74, 6) is 0.376. The third-order valence-electron chi connectivity index (χ3n) is 4.14. The van der Waals surface area contributed by atoms with Crippen molar-refractivity contribution in [3.8, 4) is 22.1 Å². The van der Waals surface area contributed by atoms with Gasteiger partial charge in [-0.25, -0.2) is 4.98 Å². The van der Waals surface area contributed by atoms with E-state index in [9.17, 15) is 9.59 Å². The summed E-state index contributed by atoms with van der Waals surface area (Å²) < 4.78 is 10.9. The molecule has 0 aliphatic carbocycles. The number of hydrogen-bond donors (Lipinski definition) is 2. The molecule has 0 saturated heterocycles. The lowest BCUT2D eigenvalue weighted by molar-refractivity contribution is -0.132. The lowest BCUT2D eigenvalue weighted by atomic mass is 10.2. The van der Waals surface area contributed by atoms with Crippen LogP contribution in [0.5, 0.6) is 11.5 Å². The molecule has 1 aromatic heterocycles. The van der Waals surface area contributed by atoms with Gasteiger partial charge in [-0.15, -0.1) is 11.3 Å². The topological polar surface area (TPSA) is 89.5 Å². The second-order valence-corrected chi connectivity index (χ2v) is 7.77. The van der Waals surface area contributed by atoms with E-state index >= 15 is 0 Å². The number of amides is 2. The minimum Gasteiger partial charge on any atom is -0.494 e. The van der Waals surface area contributed by atoms with Crippen LogP contribution >= 0.6 is 22.9 Å². The molecule has 162 valence electrons. The Labute approximate surface area is 189 Å². The Morgan fingerprint density at radius 1 is 1.10 bits per heavy atom. The second-order valence-electron chi connectivity index (χ2n) is 6.50. The first-order valence-electron chi connectivity index (χ1n) is 9.63. The average molecular weight is 460 g/mol. The molecule has 0 bridgehead atoms. The van der Waals surface area contributed by atoms with Gasteiger partial charge in [-0.2, -0.15) is 0 Å². The van der Waals surface area contributed by atoms with Crippen molar-refractivity contribution in [2.24, 2.45) is 0 Å². The van der Waals surface area contributed by atoms with Crippen molar-refractivity contribution in [1.29, 1.82) is 0 Å². The molecule has 0 radical (unpaired) electrons. The number of benzene rings is 2. The van der Waals surface area contributed by atoms with E-state index in [1.807, 2.05) is 25.1 Å². The number of nitrogens with one attached hydrogen (secondary N) is 2. The molecular weight excluding hydrogens is 438 g/mol. The predicted octanol–water partition coefficient (Wildman–Crippen LogP) is 4.02. The maximum atomic E-state index is 12.2. The molecule has 2 amide bonds. The Morgan fingerprint density at radius 3 is 2.52 bits per heavy atom. The van der Waals surface area contributed by atoms with E-state index in [2.05, 4.69) is 15.8 Å². The molecule has 2 aromatic carbocycles. The largest absolute Gasteiger partial charge is 0.494 e. The minimum absolute atomic E-state index is 0.0232. The fourth-order valence-corrected chi connectivity index (χ4v) is 3.77. The number of aromatic nitrogens is 1. The summed E-state index contributed by atoms with van der Waals surface area (Å²) in [6, 6.07) is 14.3. The first-order chi connectivity index (χ1) is 15.0. The van der Waals surface area contributed by atoms with Crippen molar-refractivity contribution in [3.05, 3.63) is 64.6 Å². The number of carbonyl (C=O) groups is 2. The van der Waals surface area contributed by atoms with Crippen molar-refractivity contribution in [2.75, 3.05) is 6.61 Å². The monoisotopic (exact) mass is 459 g/mol. The maximum absolute atomic E-state index is 12.2. The molecule has 7 nitrogen and oxygen atoms in total. The van der Waals surface area contributed by atoms with E-state index in [1.54, 1.807) is 42.6 Å². The molecule has 1 atom stereocenters. The zero-order valence-electron chi connectivity index (χ0n) is 17.1. The van der Waals surface area contributed by atoms with Crippen molar-refractivity contribution < 1.29 is 19.1 Å². The lowest BCUT2D eigenvalue weighted by Gasteiger charge is -2.15. The van der Waals surface area contributed by atoms with Gasteiger partial charge in [-0.1, -0.05) is 29.8 Å². The SMILES string of the molecule is CCOc1ccc(OC(C)C(=O)NNC(=O)Cc2csc(-c3ccccc3Cl)n2)cc1. The number of carbonyl (C=O) groups excluding carboxylic acids is 2. The highest BCUT2D eigenvalue weighted by atomic mass is 35.5. The van der Waals surface area contributed by atoms with Crippen LogP contribution in [-0.4, -0.2) is 29.5 Å². The standard InChI is InChI=1S/C22H22ClN3O4S/c1-3-29-16-8-10-17(11-9-16)30-14(2)21(28)26-25-20(27)12-15-13-31-22(24-15)18-6-4-5-7-19(18)23/h4-11,13-14H,3,12H2,1-2H3,(H,25,27)(H,26,28). The number of hydrogen-bond acceptors (Lipinski definition) is 6. The number of rotatable bonds is 8. The average Bonchev–Trinajstić information content (AvgIpc) is 3.22. The third-order valence-corrected chi connectivity index (χ3v) is 5.39. The van der Waals surface area contributed by atoms with Gasteiger partial charge in [0.05, 0.1) is 23.7 Å². The van der Waals surface area contributed by atoms with E-state index < -0.39 is 17.9 Å². The van der Waals surface area contributed by atoms with Crippen LogP contribution in [0.4, 0.5) is 0 Å². The number of hydrazine groups is 1. The number of nitrogens with zero attached hydrogens (tertiary/aromatic N) is 1. The zero-order valence-corrected chi connectivity index (χ0v) is 18.6.